The second kappa shape index (κ2) is 7.16. The summed E-state index contributed by atoms with van der Waals surface area (Å²) in [7, 11) is 0. The average molecular weight is 352 g/mol. The molecule has 0 unspecified atom stereocenters. The van der Waals surface area contributed by atoms with E-state index in [1.165, 1.54) is 5.71 Å². The Kier molecular flexibility index (Phi) is 4.72. The van der Waals surface area contributed by atoms with Crippen molar-refractivity contribution < 1.29 is 14.3 Å². The summed E-state index contributed by atoms with van der Waals surface area (Å²) in [6.45, 7) is 5.57. The van der Waals surface area contributed by atoms with E-state index in [2.05, 4.69) is 9.98 Å². The number of ketones is 1. The van der Waals surface area contributed by atoms with Crippen molar-refractivity contribution in [3.8, 4) is 5.88 Å². The van der Waals surface area contributed by atoms with Crippen molar-refractivity contribution in [2.24, 2.45) is 10.9 Å². The second-order valence-corrected chi connectivity index (χ2v) is 7.39. The molecule has 0 bridgehead atoms. The number of fused-ring (bicyclic) bond motifs is 1. The molecule has 4 rings (SSSR count). The lowest BCUT2D eigenvalue weighted by molar-refractivity contribution is -0.112. The molecule has 5 heteroatoms. The van der Waals surface area contributed by atoms with Gasteiger partial charge in [0.1, 0.15) is 0 Å². The number of carbonyl (C=O) groups is 1. The molecule has 0 amide bonds. The van der Waals surface area contributed by atoms with E-state index < -0.39 is 0 Å². The van der Waals surface area contributed by atoms with E-state index in [1.807, 2.05) is 32.2 Å². The molecule has 3 aliphatic rings. The zero-order valence-corrected chi connectivity index (χ0v) is 15.3. The maximum Gasteiger partial charge on any atom is 0.214 e. The first-order valence-electron chi connectivity index (χ1n) is 9.34. The summed E-state index contributed by atoms with van der Waals surface area (Å²) in [5, 5.41) is 0. The van der Waals surface area contributed by atoms with Crippen molar-refractivity contribution in [2.45, 2.75) is 45.6 Å². The maximum atomic E-state index is 12.5. The monoisotopic (exact) mass is 352 g/mol. The van der Waals surface area contributed by atoms with Crippen LogP contribution in [0.15, 0.2) is 35.1 Å². The van der Waals surface area contributed by atoms with E-state index in [0.717, 1.165) is 54.7 Å². The molecule has 2 aliphatic heterocycles. The molecular weight excluding hydrogens is 328 g/mol. The van der Waals surface area contributed by atoms with Crippen LogP contribution in [0, 0.1) is 5.92 Å². The summed E-state index contributed by atoms with van der Waals surface area (Å²) in [5.74, 6) is 1.22. The molecule has 0 spiro atoms. The zero-order valence-electron chi connectivity index (χ0n) is 15.3. The molecule has 1 aliphatic carbocycles. The highest BCUT2D eigenvalue weighted by molar-refractivity contribution is 6.26. The van der Waals surface area contributed by atoms with E-state index >= 15 is 0 Å². The summed E-state index contributed by atoms with van der Waals surface area (Å²) in [5.41, 5.74) is 5.00. The first-order valence-corrected chi connectivity index (χ1v) is 9.34. The van der Waals surface area contributed by atoms with Crippen LogP contribution in [-0.2, 0) is 16.0 Å². The zero-order chi connectivity index (χ0) is 18.1. The number of aromatic nitrogens is 1. The lowest BCUT2D eigenvalue weighted by Crippen LogP contribution is -2.22. The molecule has 0 saturated carbocycles. The molecule has 3 heterocycles. The third-order valence-electron chi connectivity index (χ3n) is 5.06. The minimum absolute atomic E-state index is 0.0538. The number of carbonyl (C=O) groups excluding carboxylic acids is 1. The standard InChI is InChI=1S/C21H24N2O3/c1-13(2)26-21-10-17-16(12-23-21)9-20(24)18(17)7-14-8-19(22-11-14)15-3-5-25-6-4-15/h7,10-13,15H,3-6,8-9H2,1-2H3/b18-7-. The Morgan fingerprint density at radius 1 is 1.27 bits per heavy atom. The summed E-state index contributed by atoms with van der Waals surface area (Å²) in [4.78, 5) is 21.5. The Balaban J connectivity index is 1.53. The van der Waals surface area contributed by atoms with Crippen molar-refractivity contribution in [3.05, 3.63) is 41.2 Å². The van der Waals surface area contributed by atoms with Gasteiger partial charge in [0.15, 0.2) is 5.78 Å². The fourth-order valence-electron chi connectivity index (χ4n) is 3.76. The van der Waals surface area contributed by atoms with Crippen LogP contribution in [0.3, 0.4) is 0 Å². The highest BCUT2D eigenvalue weighted by atomic mass is 16.5. The smallest absolute Gasteiger partial charge is 0.214 e. The molecule has 0 N–H and O–H groups in total. The number of hydrogen-bond donors (Lipinski definition) is 0. The lowest BCUT2D eigenvalue weighted by atomic mass is 9.91. The number of nitrogens with zero attached hydrogens (tertiary/aromatic N) is 2. The average Bonchev–Trinajstić information content (AvgIpc) is 3.21. The van der Waals surface area contributed by atoms with Gasteiger partial charge in [-0.25, -0.2) is 4.98 Å². The molecule has 136 valence electrons. The van der Waals surface area contributed by atoms with Crippen molar-refractivity contribution in [1.29, 1.82) is 0 Å². The lowest BCUT2D eigenvalue weighted by Gasteiger charge is -2.22. The third-order valence-corrected chi connectivity index (χ3v) is 5.06. The molecule has 0 aromatic carbocycles. The maximum absolute atomic E-state index is 12.5. The first kappa shape index (κ1) is 17.2. The van der Waals surface area contributed by atoms with Crippen LogP contribution >= 0.6 is 0 Å². The molecule has 0 radical (unpaired) electrons. The highest BCUT2D eigenvalue weighted by Gasteiger charge is 2.27. The van der Waals surface area contributed by atoms with Crippen LogP contribution in [0.2, 0.25) is 0 Å². The van der Waals surface area contributed by atoms with Gasteiger partial charge in [-0.3, -0.25) is 9.79 Å². The topological polar surface area (TPSA) is 60.8 Å². The fourth-order valence-corrected chi connectivity index (χ4v) is 3.76. The number of aliphatic imine (C=N–C) groups is 1. The van der Waals surface area contributed by atoms with Crippen LogP contribution in [0.25, 0.3) is 5.57 Å². The van der Waals surface area contributed by atoms with E-state index in [9.17, 15) is 4.79 Å². The molecule has 0 atom stereocenters. The predicted octanol–water partition coefficient (Wildman–Crippen LogP) is 3.53. The number of rotatable bonds is 4. The van der Waals surface area contributed by atoms with Gasteiger partial charge in [-0.15, -0.1) is 0 Å². The number of Topliss-reactive ketones (excluding diaryl/α,β-unsaturated/α-hetero) is 1. The van der Waals surface area contributed by atoms with Crippen LogP contribution in [0.5, 0.6) is 5.88 Å². The van der Waals surface area contributed by atoms with Crippen molar-refractivity contribution in [2.75, 3.05) is 13.2 Å². The Morgan fingerprint density at radius 3 is 2.85 bits per heavy atom. The predicted molar refractivity (Wildman–Crippen MR) is 100 cm³/mol. The minimum atomic E-state index is 0.0538. The minimum Gasteiger partial charge on any atom is -0.475 e. The van der Waals surface area contributed by atoms with E-state index in [-0.39, 0.29) is 11.9 Å². The van der Waals surface area contributed by atoms with Gasteiger partial charge in [-0.05, 0) is 49.5 Å². The van der Waals surface area contributed by atoms with Gasteiger partial charge in [0.2, 0.25) is 5.88 Å². The van der Waals surface area contributed by atoms with Crippen molar-refractivity contribution >= 4 is 17.1 Å². The molecule has 5 nitrogen and oxygen atoms in total. The van der Waals surface area contributed by atoms with Gasteiger partial charge >= 0.3 is 0 Å². The largest absolute Gasteiger partial charge is 0.475 e. The normalized spacial score (nSPS) is 22.0. The van der Waals surface area contributed by atoms with E-state index in [0.29, 0.717) is 18.2 Å². The fraction of sp³-hybridized carbons (Fsp3) is 0.476. The molecule has 1 fully saturated rings. The van der Waals surface area contributed by atoms with Crippen molar-refractivity contribution in [1.82, 2.24) is 4.98 Å². The van der Waals surface area contributed by atoms with Gasteiger partial charge in [0.05, 0.1) is 6.10 Å². The summed E-state index contributed by atoms with van der Waals surface area (Å²) < 4.78 is 11.1. The molecule has 1 aromatic heterocycles. The van der Waals surface area contributed by atoms with Gasteiger partial charge in [0.25, 0.3) is 0 Å². The molecular formula is C21H24N2O3. The van der Waals surface area contributed by atoms with Crippen molar-refractivity contribution in [3.63, 3.8) is 0 Å². The van der Waals surface area contributed by atoms with E-state index in [4.69, 9.17) is 9.47 Å². The number of ether oxygens (including phenoxy) is 2. The second-order valence-electron chi connectivity index (χ2n) is 7.39. The van der Waals surface area contributed by atoms with Crippen LogP contribution in [0.4, 0.5) is 0 Å². The van der Waals surface area contributed by atoms with E-state index in [1.54, 1.807) is 6.20 Å². The van der Waals surface area contributed by atoms with Crippen LogP contribution in [0.1, 0.15) is 44.2 Å². The van der Waals surface area contributed by atoms with Gasteiger partial charge in [-0.2, -0.15) is 0 Å². The van der Waals surface area contributed by atoms with Gasteiger partial charge in [-0.1, -0.05) is 0 Å². The quantitative estimate of drug-likeness (QED) is 0.778. The Labute approximate surface area is 153 Å². The summed E-state index contributed by atoms with van der Waals surface area (Å²) in [6, 6.07) is 1.89. The Hall–Kier alpha value is -2.27. The number of allylic oxidation sites excluding steroid dienone is 3. The van der Waals surface area contributed by atoms with Gasteiger partial charge in [0, 0.05) is 61.7 Å². The summed E-state index contributed by atoms with van der Waals surface area (Å²) in [6.07, 6.45) is 9.06. The van der Waals surface area contributed by atoms with Gasteiger partial charge < -0.3 is 9.47 Å². The number of hydrogen-bond acceptors (Lipinski definition) is 5. The molecule has 1 aromatic rings. The number of pyridine rings is 1. The third kappa shape index (κ3) is 3.49. The first-order chi connectivity index (χ1) is 12.6. The highest BCUT2D eigenvalue weighted by Crippen LogP contribution is 2.34. The van der Waals surface area contributed by atoms with Crippen LogP contribution < -0.4 is 4.74 Å². The SMILES string of the molecule is CC(C)Oc1cc2c(cn1)CC(=O)/C2=C\C1=CN=C(C2CCOCC2)C1. The molecule has 26 heavy (non-hydrogen) atoms. The molecule has 1 saturated heterocycles. The van der Waals surface area contributed by atoms with Crippen LogP contribution in [-0.4, -0.2) is 35.8 Å². The Morgan fingerprint density at radius 2 is 2.08 bits per heavy atom. The summed E-state index contributed by atoms with van der Waals surface area (Å²) >= 11 is 0. The Bertz CT molecular complexity index is 815.